The maximum Gasteiger partial charge on any atom is 0.170 e. The highest BCUT2D eigenvalue weighted by Crippen LogP contribution is 2.25. The van der Waals surface area contributed by atoms with Gasteiger partial charge >= 0.3 is 0 Å². The Hall–Kier alpha value is -0.910. The molecule has 0 radical (unpaired) electrons. The highest BCUT2D eigenvalue weighted by molar-refractivity contribution is 7.99. The van der Waals surface area contributed by atoms with E-state index in [1.807, 2.05) is 23.9 Å². The second-order valence-corrected chi connectivity index (χ2v) is 6.28. The molecule has 0 bridgehead atoms. The largest absolute Gasteiger partial charge is 0.409 e. The molecule has 1 aliphatic heterocycles. The molecule has 0 spiro atoms. The van der Waals surface area contributed by atoms with Crippen molar-refractivity contribution < 1.29 is 5.21 Å². The van der Waals surface area contributed by atoms with Gasteiger partial charge in [-0.1, -0.05) is 28.9 Å². The maximum atomic E-state index is 8.65. The van der Waals surface area contributed by atoms with Gasteiger partial charge in [-0.25, -0.2) is 0 Å². The molecule has 0 saturated carbocycles. The summed E-state index contributed by atoms with van der Waals surface area (Å²) in [5.41, 5.74) is 7.24. The zero-order chi connectivity index (χ0) is 13.8. The first-order valence-corrected chi connectivity index (χ1v) is 7.69. The van der Waals surface area contributed by atoms with E-state index < -0.39 is 0 Å². The minimum Gasteiger partial charge on any atom is -0.409 e. The molecule has 1 saturated heterocycles. The van der Waals surface area contributed by atoms with Crippen LogP contribution in [0.1, 0.15) is 17.5 Å². The summed E-state index contributed by atoms with van der Waals surface area (Å²) in [5.74, 6) is 2.51. The van der Waals surface area contributed by atoms with Gasteiger partial charge in [0.05, 0.1) is 0 Å². The molecule has 1 fully saturated rings. The van der Waals surface area contributed by atoms with Crippen LogP contribution in [0.2, 0.25) is 5.02 Å². The monoisotopic (exact) mass is 299 g/mol. The highest BCUT2D eigenvalue weighted by Gasteiger charge is 2.20. The third-order valence-corrected chi connectivity index (χ3v) is 4.90. The number of halogens is 1. The second-order valence-electron chi connectivity index (χ2n) is 4.72. The Morgan fingerprint density at radius 2 is 2.42 bits per heavy atom. The van der Waals surface area contributed by atoms with Crippen molar-refractivity contribution in [3.05, 3.63) is 34.3 Å². The number of nitrogens with zero attached hydrogens (tertiary/aromatic N) is 2. The van der Waals surface area contributed by atoms with E-state index in [-0.39, 0.29) is 5.84 Å². The fraction of sp³-hybridized carbons (Fsp3) is 0.462. The average Bonchev–Trinajstić information content (AvgIpc) is 2.94. The average molecular weight is 300 g/mol. The van der Waals surface area contributed by atoms with Gasteiger partial charge < -0.3 is 10.9 Å². The third-order valence-electron chi connectivity index (χ3n) is 3.41. The van der Waals surface area contributed by atoms with Gasteiger partial charge in [0, 0.05) is 28.9 Å². The summed E-state index contributed by atoms with van der Waals surface area (Å²) in [6.45, 7) is 0.820. The van der Waals surface area contributed by atoms with Gasteiger partial charge in [-0.15, -0.1) is 0 Å². The van der Waals surface area contributed by atoms with E-state index in [2.05, 4.69) is 17.1 Å². The van der Waals surface area contributed by atoms with E-state index in [0.29, 0.717) is 16.6 Å². The van der Waals surface area contributed by atoms with Gasteiger partial charge in [0.2, 0.25) is 0 Å². The van der Waals surface area contributed by atoms with Crippen molar-refractivity contribution in [3.8, 4) is 0 Å². The summed E-state index contributed by atoms with van der Waals surface area (Å²) in [6.07, 6.45) is 1.24. The van der Waals surface area contributed by atoms with Gasteiger partial charge in [0.25, 0.3) is 0 Å². The van der Waals surface area contributed by atoms with Gasteiger partial charge in [-0.3, -0.25) is 4.90 Å². The molecule has 1 aromatic rings. The fourth-order valence-corrected chi connectivity index (χ4v) is 3.70. The lowest BCUT2D eigenvalue weighted by Crippen LogP contribution is -2.31. The van der Waals surface area contributed by atoms with Crippen LogP contribution in [0.5, 0.6) is 0 Å². The van der Waals surface area contributed by atoms with Crippen molar-refractivity contribution in [2.24, 2.45) is 10.9 Å². The standard InChI is InChI=1S/C13H18ClN3OS/c1-17(11-4-5-19-8-11)7-10-3-2-9(6-12(10)14)13(15)16-18/h2-3,6,11,18H,4-5,7-8H2,1H3,(H2,15,16). The zero-order valence-corrected chi connectivity index (χ0v) is 12.4. The maximum absolute atomic E-state index is 8.65. The first-order valence-electron chi connectivity index (χ1n) is 6.16. The number of hydrogen-bond donors (Lipinski definition) is 2. The van der Waals surface area contributed by atoms with Crippen LogP contribution in [0.3, 0.4) is 0 Å². The van der Waals surface area contributed by atoms with E-state index in [1.165, 1.54) is 17.9 Å². The summed E-state index contributed by atoms with van der Waals surface area (Å²) in [5, 5.41) is 12.3. The summed E-state index contributed by atoms with van der Waals surface area (Å²) < 4.78 is 0. The lowest BCUT2D eigenvalue weighted by Gasteiger charge is -2.24. The number of thioether (sulfide) groups is 1. The number of benzene rings is 1. The van der Waals surface area contributed by atoms with Gasteiger partial charge in [-0.05, 0) is 30.9 Å². The van der Waals surface area contributed by atoms with E-state index in [4.69, 9.17) is 22.5 Å². The molecule has 6 heteroatoms. The first-order chi connectivity index (χ1) is 9.11. The number of oxime groups is 1. The van der Waals surface area contributed by atoms with Crippen molar-refractivity contribution in [1.29, 1.82) is 0 Å². The minimum absolute atomic E-state index is 0.0778. The predicted molar refractivity (Wildman–Crippen MR) is 81.2 cm³/mol. The topological polar surface area (TPSA) is 61.8 Å². The minimum atomic E-state index is 0.0778. The quantitative estimate of drug-likeness (QED) is 0.388. The number of hydrogen-bond acceptors (Lipinski definition) is 4. The molecule has 1 aliphatic rings. The lowest BCUT2D eigenvalue weighted by atomic mass is 10.1. The van der Waals surface area contributed by atoms with Crippen molar-refractivity contribution in [2.75, 3.05) is 18.6 Å². The number of rotatable bonds is 4. The summed E-state index contributed by atoms with van der Waals surface area (Å²) >= 11 is 8.26. The molecule has 2 rings (SSSR count). The zero-order valence-electron chi connectivity index (χ0n) is 10.8. The molecule has 0 aliphatic carbocycles. The van der Waals surface area contributed by atoms with Gasteiger partial charge in [-0.2, -0.15) is 11.8 Å². The summed E-state index contributed by atoms with van der Waals surface area (Å²) in [7, 11) is 2.13. The molecule has 19 heavy (non-hydrogen) atoms. The Bertz CT molecular complexity index is 475. The molecule has 104 valence electrons. The second kappa shape index (κ2) is 6.50. The van der Waals surface area contributed by atoms with Gasteiger partial charge in [0.15, 0.2) is 5.84 Å². The van der Waals surface area contributed by atoms with E-state index >= 15 is 0 Å². The molecular formula is C13H18ClN3OS. The summed E-state index contributed by atoms with van der Waals surface area (Å²) in [6, 6.07) is 6.13. The van der Waals surface area contributed by atoms with Crippen LogP contribution in [0.4, 0.5) is 0 Å². The Labute approximate surface area is 122 Å². The fourth-order valence-electron chi connectivity index (χ4n) is 2.16. The molecule has 1 heterocycles. The van der Waals surface area contributed by atoms with Crippen molar-refractivity contribution in [2.45, 2.75) is 19.0 Å². The highest BCUT2D eigenvalue weighted by atomic mass is 35.5. The molecule has 1 atom stereocenters. The van der Waals surface area contributed by atoms with Crippen LogP contribution in [0.15, 0.2) is 23.4 Å². The number of amidine groups is 1. The Morgan fingerprint density at radius 3 is 3.00 bits per heavy atom. The van der Waals surface area contributed by atoms with Gasteiger partial charge in [0.1, 0.15) is 0 Å². The van der Waals surface area contributed by atoms with Crippen LogP contribution in [-0.4, -0.2) is 40.5 Å². The SMILES string of the molecule is CN(Cc1ccc(/C(N)=N/O)cc1Cl)C1CCSC1. The third kappa shape index (κ3) is 3.55. The van der Waals surface area contributed by atoms with Crippen molar-refractivity contribution in [1.82, 2.24) is 4.90 Å². The molecular weight excluding hydrogens is 282 g/mol. The smallest absolute Gasteiger partial charge is 0.170 e. The Balaban J connectivity index is 2.08. The molecule has 1 unspecified atom stereocenters. The Kier molecular flexibility index (Phi) is 4.96. The van der Waals surface area contributed by atoms with Crippen LogP contribution in [-0.2, 0) is 6.54 Å². The van der Waals surface area contributed by atoms with Crippen molar-refractivity contribution in [3.63, 3.8) is 0 Å². The molecule has 0 amide bonds. The normalized spacial score (nSPS) is 20.2. The Morgan fingerprint density at radius 1 is 1.63 bits per heavy atom. The van der Waals surface area contributed by atoms with Crippen molar-refractivity contribution >= 4 is 29.2 Å². The predicted octanol–water partition coefficient (Wildman–Crippen LogP) is 2.37. The van der Waals surface area contributed by atoms with Crippen LogP contribution < -0.4 is 5.73 Å². The lowest BCUT2D eigenvalue weighted by molar-refractivity contribution is 0.254. The van der Waals surface area contributed by atoms with Crippen LogP contribution >= 0.6 is 23.4 Å². The van der Waals surface area contributed by atoms with E-state index in [9.17, 15) is 0 Å². The molecule has 1 aromatic carbocycles. The van der Waals surface area contributed by atoms with E-state index in [0.717, 1.165) is 12.1 Å². The van der Waals surface area contributed by atoms with Crippen LogP contribution in [0, 0.1) is 0 Å². The van der Waals surface area contributed by atoms with Crippen LogP contribution in [0.25, 0.3) is 0 Å². The first kappa shape index (κ1) is 14.5. The molecule has 4 nitrogen and oxygen atoms in total. The molecule has 0 aromatic heterocycles. The summed E-state index contributed by atoms with van der Waals surface area (Å²) in [4.78, 5) is 2.34. The number of nitrogens with two attached hydrogens (primary N) is 1. The molecule has 3 N–H and O–H groups in total. The van der Waals surface area contributed by atoms with E-state index in [1.54, 1.807) is 6.07 Å².